The molecule has 0 atom stereocenters. The van der Waals surface area contributed by atoms with Gasteiger partial charge in [0.25, 0.3) is 0 Å². The van der Waals surface area contributed by atoms with Crippen molar-refractivity contribution >= 4 is 9.84 Å². The van der Waals surface area contributed by atoms with Crippen molar-refractivity contribution in [2.24, 2.45) is 5.41 Å². The van der Waals surface area contributed by atoms with E-state index in [1.165, 1.54) is 0 Å². The van der Waals surface area contributed by atoms with Gasteiger partial charge in [0.1, 0.15) is 0 Å². The Kier molecular flexibility index (Phi) is 1.57. The molecule has 2 rings (SSSR count). The molecule has 0 aliphatic heterocycles. The van der Waals surface area contributed by atoms with Crippen molar-refractivity contribution in [3.8, 4) is 6.07 Å². The second-order valence-electron chi connectivity index (χ2n) is 4.33. The molecule has 2 fully saturated rings. The summed E-state index contributed by atoms with van der Waals surface area (Å²) in [6.45, 7) is 3.70. The highest BCUT2D eigenvalue weighted by atomic mass is 32.2. The van der Waals surface area contributed by atoms with Crippen LogP contribution in [-0.4, -0.2) is 18.9 Å². The summed E-state index contributed by atoms with van der Waals surface area (Å²) < 4.78 is 22.7. The zero-order valence-electron chi connectivity index (χ0n) is 7.41. The van der Waals surface area contributed by atoms with Gasteiger partial charge in [-0.3, -0.25) is 0 Å². The molecule has 71 valence electrons. The average molecular weight is 198 g/mol. The predicted octanol–water partition coefficient (Wildman–Crippen LogP) is 1.07. The maximum Gasteiger partial charge on any atom is 0.157 e. The molecule has 0 saturated heterocycles. The molecule has 0 spiro atoms. The number of rotatable bonds is 3. The van der Waals surface area contributed by atoms with Crippen LogP contribution in [0.2, 0.25) is 0 Å². The first-order valence-electron chi connectivity index (χ1n) is 4.42. The van der Waals surface area contributed by atoms with E-state index in [0.717, 1.165) is 12.8 Å². The first kappa shape index (κ1) is 9.01. The van der Waals surface area contributed by atoms with Gasteiger partial charge in [-0.15, -0.1) is 0 Å². The molecular formula is C9H12NO2S. The van der Waals surface area contributed by atoms with E-state index in [-0.39, 0.29) is 5.75 Å². The number of nitrogens with zero attached hydrogens (tertiary/aromatic N) is 1. The summed E-state index contributed by atoms with van der Waals surface area (Å²) >= 11 is 0. The molecule has 2 saturated carbocycles. The lowest BCUT2D eigenvalue weighted by Crippen LogP contribution is -2.27. The zero-order chi connectivity index (χ0) is 9.74. The van der Waals surface area contributed by atoms with Gasteiger partial charge in [-0.2, -0.15) is 5.26 Å². The molecular weight excluding hydrogens is 186 g/mol. The fourth-order valence-electron chi connectivity index (χ4n) is 1.41. The molecule has 0 heterocycles. The summed E-state index contributed by atoms with van der Waals surface area (Å²) in [7, 11) is -3.13. The predicted molar refractivity (Wildman–Crippen MR) is 48.4 cm³/mol. The molecule has 0 amide bonds. The van der Waals surface area contributed by atoms with Crippen LogP contribution in [0.1, 0.15) is 25.7 Å². The van der Waals surface area contributed by atoms with Gasteiger partial charge in [0.05, 0.1) is 22.0 Å². The van der Waals surface area contributed by atoms with E-state index in [9.17, 15) is 8.42 Å². The van der Waals surface area contributed by atoms with Crippen LogP contribution in [0.15, 0.2) is 0 Å². The molecule has 13 heavy (non-hydrogen) atoms. The summed E-state index contributed by atoms with van der Waals surface area (Å²) in [4.78, 5) is 0. The van der Waals surface area contributed by atoms with E-state index in [2.05, 4.69) is 13.0 Å². The highest BCUT2D eigenvalue weighted by Gasteiger charge is 2.56. The van der Waals surface area contributed by atoms with Crippen LogP contribution in [0, 0.1) is 23.7 Å². The number of nitriles is 1. The van der Waals surface area contributed by atoms with Crippen molar-refractivity contribution in [1.82, 2.24) is 0 Å². The SMILES string of the molecule is [CH2]C1(S(=O)(=O)CC2(C#N)CC2)CC1. The van der Waals surface area contributed by atoms with E-state index in [1.807, 2.05) is 0 Å². The van der Waals surface area contributed by atoms with Crippen LogP contribution in [0.25, 0.3) is 0 Å². The normalized spacial score (nSPS) is 27.7. The molecule has 2 aliphatic rings. The fraction of sp³-hybridized carbons (Fsp3) is 0.778. The van der Waals surface area contributed by atoms with Gasteiger partial charge in [-0.1, -0.05) is 0 Å². The van der Waals surface area contributed by atoms with Crippen LogP contribution in [0.3, 0.4) is 0 Å². The molecule has 0 aromatic heterocycles. The van der Waals surface area contributed by atoms with Crippen molar-refractivity contribution in [1.29, 1.82) is 5.26 Å². The standard InChI is InChI=1S/C9H12NO2S/c1-8(2-3-8)13(11,12)7-9(6-10)4-5-9/h1-5,7H2. The molecule has 0 bridgehead atoms. The third-order valence-electron chi connectivity index (χ3n) is 3.02. The average Bonchev–Trinajstić information content (AvgIpc) is 2.89. The van der Waals surface area contributed by atoms with Gasteiger partial charge in [-0.25, -0.2) is 8.42 Å². The second-order valence-corrected chi connectivity index (χ2v) is 6.72. The minimum absolute atomic E-state index is 0.0278. The largest absolute Gasteiger partial charge is 0.228 e. The maximum atomic E-state index is 11.7. The monoisotopic (exact) mass is 198 g/mol. The van der Waals surface area contributed by atoms with Crippen molar-refractivity contribution in [3.63, 3.8) is 0 Å². The number of hydrogen-bond donors (Lipinski definition) is 0. The Balaban J connectivity index is 2.15. The maximum absolute atomic E-state index is 11.7. The Morgan fingerprint density at radius 2 is 1.85 bits per heavy atom. The number of hydrogen-bond acceptors (Lipinski definition) is 3. The van der Waals surface area contributed by atoms with Crippen LogP contribution >= 0.6 is 0 Å². The lowest BCUT2D eigenvalue weighted by atomic mass is 10.2. The van der Waals surface area contributed by atoms with Gasteiger partial charge < -0.3 is 0 Å². The lowest BCUT2D eigenvalue weighted by Gasteiger charge is -2.12. The van der Waals surface area contributed by atoms with Crippen LogP contribution in [0.4, 0.5) is 0 Å². The number of sulfone groups is 1. The van der Waals surface area contributed by atoms with Crippen molar-refractivity contribution < 1.29 is 8.42 Å². The third kappa shape index (κ3) is 1.35. The van der Waals surface area contributed by atoms with Gasteiger partial charge >= 0.3 is 0 Å². The first-order chi connectivity index (χ1) is 5.93. The quantitative estimate of drug-likeness (QED) is 0.681. The first-order valence-corrected chi connectivity index (χ1v) is 6.07. The van der Waals surface area contributed by atoms with E-state index in [1.54, 1.807) is 0 Å². The van der Waals surface area contributed by atoms with Crippen molar-refractivity contribution in [3.05, 3.63) is 6.92 Å². The lowest BCUT2D eigenvalue weighted by molar-refractivity contribution is 0.574. The van der Waals surface area contributed by atoms with Gasteiger partial charge in [0.2, 0.25) is 0 Å². The van der Waals surface area contributed by atoms with Gasteiger partial charge in [-0.05, 0) is 32.6 Å². The highest BCUT2D eigenvalue weighted by Crippen LogP contribution is 2.51. The smallest absolute Gasteiger partial charge is 0.157 e. The Morgan fingerprint density at radius 3 is 2.15 bits per heavy atom. The minimum atomic E-state index is -3.13. The topological polar surface area (TPSA) is 57.9 Å². The van der Waals surface area contributed by atoms with E-state index in [0.29, 0.717) is 12.8 Å². The second kappa shape index (κ2) is 2.27. The molecule has 4 heteroatoms. The van der Waals surface area contributed by atoms with E-state index >= 15 is 0 Å². The molecule has 0 unspecified atom stereocenters. The van der Waals surface area contributed by atoms with Crippen molar-refractivity contribution in [2.45, 2.75) is 30.4 Å². The van der Waals surface area contributed by atoms with Crippen LogP contribution in [0.5, 0.6) is 0 Å². The van der Waals surface area contributed by atoms with Crippen LogP contribution in [-0.2, 0) is 9.84 Å². The summed E-state index contributed by atoms with van der Waals surface area (Å²) in [6, 6.07) is 2.10. The van der Waals surface area contributed by atoms with Crippen LogP contribution < -0.4 is 0 Å². The summed E-state index contributed by atoms with van der Waals surface area (Å²) in [6.07, 6.45) is 2.80. The Hall–Kier alpha value is -0.560. The molecule has 0 aromatic rings. The van der Waals surface area contributed by atoms with E-state index in [4.69, 9.17) is 5.26 Å². The summed E-state index contributed by atoms with van der Waals surface area (Å²) in [5.41, 5.74) is -0.549. The minimum Gasteiger partial charge on any atom is -0.228 e. The Labute approximate surface area is 78.7 Å². The van der Waals surface area contributed by atoms with Gasteiger partial charge in [0.15, 0.2) is 9.84 Å². The molecule has 1 radical (unpaired) electrons. The fourth-order valence-corrected chi connectivity index (χ4v) is 3.52. The zero-order valence-corrected chi connectivity index (χ0v) is 8.23. The Bertz CT molecular complexity index is 369. The summed E-state index contributed by atoms with van der Waals surface area (Å²) in [5, 5.41) is 8.77. The van der Waals surface area contributed by atoms with Gasteiger partial charge in [0, 0.05) is 0 Å². The molecule has 2 aliphatic carbocycles. The Morgan fingerprint density at radius 1 is 1.31 bits per heavy atom. The molecule has 3 nitrogen and oxygen atoms in total. The third-order valence-corrected chi connectivity index (χ3v) is 5.68. The summed E-state index contributed by atoms with van der Waals surface area (Å²) in [5.74, 6) is 0.0278. The van der Waals surface area contributed by atoms with E-state index < -0.39 is 20.0 Å². The highest BCUT2D eigenvalue weighted by molar-refractivity contribution is 7.93. The molecule has 0 N–H and O–H groups in total. The van der Waals surface area contributed by atoms with Crippen molar-refractivity contribution in [2.75, 3.05) is 5.75 Å². The molecule has 0 aromatic carbocycles.